The van der Waals surface area contributed by atoms with Crippen LogP contribution in [0.4, 0.5) is 0 Å². The van der Waals surface area contributed by atoms with Crippen LogP contribution in [0.1, 0.15) is 149 Å². The Labute approximate surface area is 396 Å². The molecule has 0 aromatic carbocycles. The molecular weight excluding hydrogens is 849 g/mol. The molecule has 11 atom stereocenters. The van der Waals surface area contributed by atoms with E-state index in [9.17, 15) is 40.5 Å². The van der Waals surface area contributed by atoms with Crippen LogP contribution < -0.4 is 0 Å². The number of unbranched alkanes of at least 4 members (excludes halogenated alkanes) is 12. The molecule has 2 aliphatic heterocycles. The van der Waals surface area contributed by atoms with E-state index in [2.05, 4.69) is 86.8 Å². The Balaban J connectivity index is 1.81. The summed E-state index contributed by atoms with van der Waals surface area (Å²) in [6, 6.07) is 0. The SMILES string of the molecule is CC/C=C\C/C=C\C/C=C\C/C=C\CCCCC(=O)OC(COCCCCCCCC/C=C\C/C=C\CCCCCC)COC1OC(COC2OC(CO)C(O)C(O)C2O)C(O)C(O)C1O. The smallest absolute Gasteiger partial charge is 0.306 e. The van der Waals surface area contributed by atoms with Crippen LogP contribution >= 0.6 is 0 Å². The lowest BCUT2D eigenvalue weighted by Crippen LogP contribution is -2.61. The van der Waals surface area contributed by atoms with Gasteiger partial charge >= 0.3 is 5.97 Å². The monoisotopic (exact) mass is 937 g/mol. The fourth-order valence-corrected chi connectivity index (χ4v) is 7.36. The van der Waals surface area contributed by atoms with Gasteiger partial charge in [0.15, 0.2) is 12.6 Å². The van der Waals surface area contributed by atoms with Crippen LogP contribution in [0.3, 0.4) is 0 Å². The Kier molecular flexibility index (Phi) is 35.5. The molecule has 0 aliphatic carbocycles. The van der Waals surface area contributed by atoms with Gasteiger partial charge in [-0.25, -0.2) is 0 Å². The number of carbonyl (C=O) groups is 1. The van der Waals surface area contributed by atoms with Gasteiger partial charge in [0, 0.05) is 13.0 Å². The van der Waals surface area contributed by atoms with Crippen molar-refractivity contribution in [1.29, 1.82) is 0 Å². The van der Waals surface area contributed by atoms with Crippen molar-refractivity contribution >= 4 is 5.97 Å². The van der Waals surface area contributed by atoms with Gasteiger partial charge in [0.2, 0.25) is 0 Å². The molecule has 0 aromatic heterocycles. The zero-order valence-corrected chi connectivity index (χ0v) is 40.2. The first-order chi connectivity index (χ1) is 32.1. The van der Waals surface area contributed by atoms with E-state index in [1.807, 2.05) is 0 Å². The van der Waals surface area contributed by atoms with Gasteiger partial charge in [0.25, 0.3) is 0 Å². The van der Waals surface area contributed by atoms with Crippen LogP contribution in [0.15, 0.2) is 72.9 Å². The molecule has 2 rings (SSSR count). The highest BCUT2D eigenvalue weighted by molar-refractivity contribution is 5.69. The third-order valence-electron chi connectivity index (χ3n) is 11.4. The van der Waals surface area contributed by atoms with Gasteiger partial charge in [-0.15, -0.1) is 0 Å². The van der Waals surface area contributed by atoms with E-state index < -0.39 is 86.7 Å². The van der Waals surface area contributed by atoms with Crippen LogP contribution in [-0.2, 0) is 33.2 Å². The summed E-state index contributed by atoms with van der Waals surface area (Å²) in [6.45, 7) is 3.45. The van der Waals surface area contributed by atoms with E-state index in [1.54, 1.807) is 0 Å². The topological polar surface area (TPSA) is 214 Å². The number of hydrogen-bond donors (Lipinski definition) is 7. The zero-order chi connectivity index (χ0) is 48.0. The lowest BCUT2D eigenvalue weighted by molar-refractivity contribution is -0.332. The third-order valence-corrected chi connectivity index (χ3v) is 11.4. The van der Waals surface area contributed by atoms with E-state index in [-0.39, 0.29) is 19.6 Å². The number of aliphatic hydroxyl groups is 7. The highest BCUT2D eigenvalue weighted by Gasteiger charge is 2.47. The Bertz CT molecular complexity index is 1360. The molecule has 0 bridgehead atoms. The molecule has 0 radical (unpaired) electrons. The van der Waals surface area contributed by atoms with Crippen molar-refractivity contribution in [2.24, 2.45) is 0 Å². The largest absolute Gasteiger partial charge is 0.457 e. The number of carbonyl (C=O) groups excluding carboxylic acids is 1. The van der Waals surface area contributed by atoms with Crippen molar-refractivity contribution in [1.82, 2.24) is 0 Å². The predicted octanol–water partition coefficient (Wildman–Crippen LogP) is 7.12. The zero-order valence-electron chi connectivity index (χ0n) is 40.2. The number of aliphatic hydroxyl groups excluding tert-OH is 7. The summed E-state index contributed by atoms with van der Waals surface area (Å²) in [5.74, 6) is -0.423. The van der Waals surface area contributed by atoms with Gasteiger partial charge in [0.05, 0.1) is 26.4 Å². The molecule has 0 saturated carbocycles. The maximum Gasteiger partial charge on any atom is 0.306 e. The Morgan fingerprint density at radius 3 is 1.55 bits per heavy atom. The Morgan fingerprint density at radius 1 is 0.515 bits per heavy atom. The number of ether oxygens (including phenoxy) is 6. The molecule has 2 fully saturated rings. The summed E-state index contributed by atoms with van der Waals surface area (Å²) in [5, 5.41) is 72.1. The quantitative estimate of drug-likeness (QED) is 0.0187. The Morgan fingerprint density at radius 2 is 0.985 bits per heavy atom. The summed E-state index contributed by atoms with van der Waals surface area (Å²) in [4.78, 5) is 13.0. The van der Waals surface area contributed by atoms with Crippen LogP contribution in [0, 0.1) is 0 Å². The molecule has 11 unspecified atom stereocenters. The fraction of sp³-hybridized carbons (Fsp3) is 0.750. The first-order valence-electron chi connectivity index (χ1n) is 25.0. The molecule has 2 heterocycles. The maximum absolute atomic E-state index is 13.0. The molecule has 0 aromatic rings. The normalized spacial score (nSPS) is 26.9. The van der Waals surface area contributed by atoms with Gasteiger partial charge in [0.1, 0.15) is 54.9 Å². The minimum Gasteiger partial charge on any atom is -0.457 e. The second-order valence-corrected chi connectivity index (χ2v) is 17.3. The number of rotatable bonds is 38. The van der Waals surface area contributed by atoms with Crippen molar-refractivity contribution in [3.05, 3.63) is 72.9 Å². The second-order valence-electron chi connectivity index (χ2n) is 17.3. The van der Waals surface area contributed by atoms with Crippen molar-refractivity contribution < 1.29 is 69.0 Å². The van der Waals surface area contributed by atoms with E-state index in [4.69, 9.17) is 28.4 Å². The van der Waals surface area contributed by atoms with Crippen LogP contribution in [0.2, 0.25) is 0 Å². The molecule has 0 spiro atoms. The predicted molar refractivity (Wildman–Crippen MR) is 256 cm³/mol. The summed E-state index contributed by atoms with van der Waals surface area (Å²) >= 11 is 0. The summed E-state index contributed by atoms with van der Waals surface area (Å²) in [6.07, 6.45) is 31.1. The summed E-state index contributed by atoms with van der Waals surface area (Å²) in [5.41, 5.74) is 0. The standard InChI is InChI=1S/C52H88O14/c1-3-5-7-9-11-13-15-17-19-20-22-24-26-28-30-32-34-36-61-38-41(64-44(54)35-33-31-29-27-25-23-21-18-16-14-12-10-8-6-4-2)39-62-51-50(60)48(58)46(56)43(66-51)40-63-52-49(59)47(57)45(55)42(37-53)65-52/h6,8,12-15,18-21,25,27,41-43,45-53,55-60H,3-5,7,9-11,16-17,22-24,26,28-40H2,1-2H3/b8-6-,14-12-,15-13-,20-19-,21-18-,27-25-. The number of esters is 1. The minimum atomic E-state index is -1.72. The average Bonchev–Trinajstić information content (AvgIpc) is 3.31. The molecular formula is C52H88O14. The lowest BCUT2D eigenvalue weighted by atomic mass is 9.98. The molecule has 66 heavy (non-hydrogen) atoms. The molecule has 14 nitrogen and oxygen atoms in total. The molecule has 2 saturated heterocycles. The van der Waals surface area contributed by atoms with Crippen LogP contribution in [0.5, 0.6) is 0 Å². The Hall–Kier alpha value is -2.57. The van der Waals surface area contributed by atoms with E-state index in [1.165, 1.54) is 44.9 Å². The van der Waals surface area contributed by atoms with Gasteiger partial charge in [-0.1, -0.05) is 132 Å². The van der Waals surface area contributed by atoms with E-state index in [0.717, 1.165) is 77.0 Å². The first kappa shape index (κ1) is 59.6. The maximum atomic E-state index is 13.0. The molecule has 0 amide bonds. The minimum absolute atomic E-state index is 0.0334. The van der Waals surface area contributed by atoms with Gasteiger partial charge in [-0.2, -0.15) is 0 Å². The molecule has 380 valence electrons. The van der Waals surface area contributed by atoms with E-state index >= 15 is 0 Å². The summed E-state index contributed by atoms with van der Waals surface area (Å²) < 4.78 is 34.2. The lowest BCUT2D eigenvalue weighted by Gasteiger charge is -2.42. The van der Waals surface area contributed by atoms with Crippen molar-refractivity contribution in [3.63, 3.8) is 0 Å². The van der Waals surface area contributed by atoms with E-state index in [0.29, 0.717) is 13.0 Å². The van der Waals surface area contributed by atoms with Crippen LogP contribution in [-0.4, -0.2) is 142 Å². The fourth-order valence-electron chi connectivity index (χ4n) is 7.36. The van der Waals surface area contributed by atoms with Crippen LogP contribution in [0.25, 0.3) is 0 Å². The van der Waals surface area contributed by atoms with Crippen molar-refractivity contribution in [2.45, 2.75) is 216 Å². The van der Waals surface area contributed by atoms with Gasteiger partial charge in [-0.05, 0) is 83.5 Å². The number of hydrogen-bond acceptors (Lipinski definition) is 14. The molecule has 7 N–H and O–H groups in total. The number of allylic oxidation sites excluding steroid dienone is 12. The van der Waals surface area contributed by atoms with Crippen molar-refractivity contribution in [3.8, 4) is 0 Å². The molecule has 14 heteroatoms. The third kappa shape index (κ3) is 26.8. The summed E-state index contributed by atoms with van der Waals surface area (Å²) in [7, 11) is 0. The van der Waals surface area contributed by atoms with Gasteiger partial charge < -0.3 is 64.2 Å². The first-order valence-corrected chi connectivity index (χ1v) is 25.0. The highest BCUT2D eigenvalue weighted by Crippen LogP contribution is 2.26. The highest BCUT2D eigenvalue weighted by atomic mass is 16.7. The average molecular weight is 937 g/mol. The van der Waals surface area contributed by atoms with Gasteiger partial charge in [-0.3, -0.25) is 4.79 Å². The molecule has 2 aliphatic rings. The van der Waals surface area contributed by atoms with Crippen molar-refractivity contribution in [2.75, 3.05) is 33.0 Å². The second kappa shape index (κ2) is 39.3.